The van der Waals surface area contributed by atoms with E-state index in [2.05, 4.69) is 27.9 Å². The molecule has 0 aromatic heterocycles. The summed E-state index contributed by atoms with van der Waals surface area (Å²) < 4.78 is 6.39. The number of hydrogen-bond acceptors (Lipinski definition) is 5. The van der Waals surface area contributed by atoms with Crippen LogP contribution < -0.4 is 15.0 Å². The van der Waals surface area contributed by atoms with E-state index < -0.39 is 23.8 Å². The lowest BCUT2D eigenvalue weighted by Gasteiger charge is -2.26. The molecule has 0 aliphatic carbocycles. The van der Waals surface area contributed by atoms with Crippen molar-refractivity contribution in [1.29, 1.82) is 0 Å². The molecule has 0 atom stereocenters. The van der Waals surface area contributed by atoms with E-state index in [-0.39, 0.29) is 27.5 Å². The number of nitrogens with zero attached hydrogens (tertiary/aromatic N) is 1. The number of halogens is 3. The fraction of sp³-hybridized carbons (Fsp3) is 0. The number of para-hydroxylation sites is 1. The minimum absolute atomic E-state index is 0.0873. The first-order valence-electron chi connectivity index (χ1n) is 9.68. The number of ether oxygens (including phenoxy) is 1. The Kier molecular flexibility index (Phi) is 7.01. The minimum atomic E-state index is -0.862. The predicted molar refractivity (Wildman–Crippen MR) is 136 cm³/mol. The van der Waals surface area contributed by atoms with Crippen molar-refractivity contribution in [2.75, 3.05) is 4.90 Å². The molecule has 1 fully saturated rings. The number of urea groups is 1. The molecule has 4 rings (SSSR count). The summed E-state index contributed by atoms with van der Waals surface area (Å²) in [7, 11) is 0. The molecule has 1 heterocycles. The number of barbiturate groups is 1. The third-order valence-electron chi connectivity index (χ3n) is 4.76. The number of anilines is 1. The third kappa shape index (κ3) is 4.98. The highest BCUT2D eigenvalue weighted by atomic mass is 127. The molecule has 170 valence electrons. The summed E-state index contributed by atoms with van der Waals surface area (Å²) in [6.07, 6.45) is 1.26. The van der Waals surface area contributed by atoms with Crippen molar-refractivity contribution >= 4 is 81.4 Å². The zero-order valence-corrected chi connectivity index (χ0v) is 20.7. The number of imide groups is 2. The molecule has 0 unspecified atom stereocenters. The van der Waals surface area contributed by atoms with E-state index in [4.69, 9.17) is 27.9 Å². The van der Waals surface area contributed by atoms with Crippen LogP contribution in [0.4, 0.5) is 10.5 Å². The first kappa shape index (κ1) is 23.9. The summed E-state index contributed by atoms with van der Waals surface area (Å²) in [6, 6.07) is 16.5. The summed E-state index contributed by atoms with van der Waals surface area (Å²) in [5.74, 6) is -2.33. The van der Waals surface area contributed by atoms with Gasteiger partial charge in [0.05, 0.1) is 16.3 Å². The molecule has 34 heavy (non-hydrogen) atoms. The third-order valence-corrected chi connectivity index (χ3v) is 6.03. The van der Waals surface area contributed by atoms with Gasteiger partial charge in [0, 0.05) is 14.2 Å². The van der Waals surface area contributed by atoms with E-state index in [1.165, 1.54) is 30.3 Å². The van der Waals surface area contributed by atoms with E-state index in [1.54, 1.807) is 42.5 Å². The van der Waals surface area contributed by atoms with Gasteiger partial charge in [-0.2, -0.15) is 0 Å². The molecule has 0 spiro atoms. The minimum Gasteiger partial charge on any atom is -0.422 e. The maximum absolute atomic E-state index is 13.1. The highest BCUT2D eigenvalue weighted by Crippen LogP contribution is 2.28. The Morgan fingerprint density at radius 3 is 2.38 bits per heavy atom. The molecule has 0 bridgehead atoms. The molecule has 3 aromatic rings. The van der Waals surface area contributed by atoms with Gasteiger partial charge in [-0.3, -0.25) is 14.9 Å². The summed E-state index contributed by atoms with van der Waals surface area (Å²) in [5, 5.41) is 2.64. The van der Waals surface area contributed by atoms with Gasteiger partial charge < -0.3 is 4.74 Å². The van der Waals surface area contributed by atoms with E-state index in [0.29, 0.717) is 10.7 Å². The number of amides is 4. The number of carbonyl (C=O) groups is 4. The average molecular weight is 607 g/mol. The second kappa shape index (κ2) is 9.96. The van der Waals surface area contributed by atoms with Crippen molar-refractivity contribution in [3.63, 3.8) is 0 Å². The molecule has 10 heteroatoms. The van der Waals surface area contributed by atoms with Crippen LogP contribution in [0.15, 0.2) is 72.3 Å². The van der Waals surface area contributed by atoms with E-state index in [9.17, 15) is 19.2 Å². The highest BCUT2D eigenvalue weighted by molar-refractivity contribution is 14.1. The smallest absolute Gasteiger partial charge is 0.345 e. The lowest BCUT2D eigenvalue weighted by Crippen LogP contribution is -2.54. The zero-order valence-electron chi connectivity index (χ0n) is 17.1. The number of hydrogen-bond donors (Lipinski definition) is 1. The second-order valence-electron chi connectivity index (χ2n) is 6.99. The molecule has 7 nitrogen and oxygen atoms in total. The van der Waals surface area contributed by atoms with Crippen LogP contribution in [0.2, 0.25) is 10.0 Å². The first-order valence-corrected chi connectivity index (χ1v) is 11.5. The topological polar surface area (TPSA) is 92.8 Å². The standard InChI is InChI=1S/C24H13Cl2IN2O5/c25-14-5-10-17(19(26)12-14)23(32)34-20-4-2-1-3-13(20)11-18-21(30)28-24(33)29(22(18)31)16-8-6-15(27)7-9-16/h1-12H,(H,28,30,33)/b18-11-. The molecule has 4 amide bonds. The number of nitrogens with one attached hydrogen (secondary N) is 1. The van der Waals surface area contributed by atoms with Crippen LogP contribution >= 0.6 is 45.8 Å². The first-order chi connectivity index (χ1) is 16.2. The maximum Gasteiger partial charge on any atom is 0.345 e. The number of rotatable bonds is 4. The van der Waals surface area contributed by atoms with Crippen LogP contribution in [0.1, 0.15) is 15.9 Å². The molecule has 1 N–H and O–H groups in total. The Balaban J connectivity index is 1.67. The Morgan fingerprint density at radius 1 is 0.971 bits per heavy atom. The van der Waals surface area contributed by atoms with Crippen LogP contribution in [-0.4, -0.2) is 23.8 Å². The van der Waals surface area contributed by atoms with Gasteiger partial charge in [0.15, 0.2) is 0 Å². The van der Waals surface area contributed by atoms with Crippen molar-refractivity contribution in [3.8, 4) is 5.75 Å². The van der Waals surface area contributed by atoms with E-state index >= 15 is 0 Å². The number of esters is 1. The van der Waals surface area contributed by atoms with Gasteiger partial charge in [-0.1, -0.05) is 41.4 Å². The Hall–Kier alpha value is -3.21. The van der Waals surface area contributed by atoms with Crippen LogP contribution in [-0.2, 0) is 9.59 Å². The van der Waals surface area contributed by atoms with Crippen molar-refractivity contribution in [2.45, 2.75) is 0 Å². The number of benzene rings is 3. The Bertz CT molecular complexity index is 1370. The van der Waals surface area contributed by atoms with Gasteiger partial charge in [-0.15, -0.1) is 0 Å². The van der Waals surface area contributed by atoms with Gasteiger partial charge in [-0.25, -0.2) is 14.5 Å². The van der Waals surface area contributed by atoms with Crippen molar-refractivity contribution in [3.05, 3.63) is 97.0 Å². The lowest BCUT2D eigenvalue weighted by molar-refractivity contribution is -0.122. The molecule has 1 saturated heterocycles. The van der Waals surface area contributed by atoms with Crippen molar-refractivity contribution in [1.82, 2.24) is 5.32 Å². The fourth-order valence-corrected chi connectivity index (χ4v) is 3.99. The van der Waals surface area contributed by atoms with E-state index in [0.717, 1.165) is 8.47 Å². The molecule has 1 aliphatic heterocycles. The second-order valence-corrected chi connectivity index (χ2v) is 9.08. The zero-order chi connectivity index (χ0) is 24.4. The average Bonchev–Trinajstić information content (AvgIpc) is 2.78. The molecule has 0 radical (unpaired) electrons. The molecular formula is C24H13Cl2IN2O5. The fourth-order valence-electron chi connectivity index (χ4n) is 3.14. The van der Waals surface area contributed by atoms with Crippen LogP contribution in [0.3, 0.4) is 0 Å². The van der Waals surface area contributed by atoms with Crippen molar-refractivity contribution in [2.24, 2.45) is 0 Å². The largest absolute Gasteiger partial charge is 0.422 e. The molecular weight excluding hydrogens is 594 g/mol. The summed E-state index contributed by atoms with van der Waals surface area (Å²) in [6.45, 7) is 0. The summed E-state index contributed by atoms with van der Waals surface area (Å²) in [5.41, 5.74) is 0.372. The lowest BCUT2D eigenvalue weighted by atomic mass is 10.1. The maximum atomic E-state index is 13.1. The van der Waals surface area contributed by atoms with Gasteiger partial charge >= 0.3 is 12.0 Å². The van der Waals surface area contributed by atoms with Gasteiger partial charge in [0.2, 0.25) is 0 Å². The van der Waals surface area contributed by atoms with Gasteiger partial charge in [0.25, 0.3) is 11.8 Å². The monoisotopic (exact) mass is 606 g/mol. The Morgan fingerprint density at radius 2 is 1.68 bits per heavy atom. The quantitative estimate of drug-likeness (QED) is 0.140. The molecule has 3 aromatic carbocycles. The Labute approximate surface area is 217 Å². The summed E-state index contributed by atoms with van der Waals surface area (Å²) >= 11 is 14.1. The van der Waals surface area contributed by atoms with Crippen LogP contribution in [0.5, 0.6) is 5.75 Å². The van der Waals surface area contributed by atoms with Gasteiger partial charge in [0.1, 0.15) is 11.3 Å². The van der Waals surface area contributed by atoms with Crippen LogP contribution in [0, 0.1) is 3.57 Å². The van der Waals surface area contributed by atoms with Gasteiger partial charge in [-0.05, 0) is 77.2 Å². The van der Waals surface area contributed by atoms with Crippen molar-refractivity contribution < 1.29 is 23.9 Å². The summed E-state index contributed by atoms with van der Waals surface area (Å²) in [4.78, 5) is 51.5. The highest BCUT2D eigenvalue weighted by Gasteiger charge is 2.37. The normalized spacial score (nSPS) is 14.9. The molecule has 0 saturated carbocycles. The number of carbonyl (C=O) groups excluding carboxylic acids is 4. The SMILES string of the molecule is O=C1NC(=O)N(c2ccc(I)cc2)C(=O)/C1=C\c1ccccc1OC(=O)c1ccc(Cl)cc1Cl. The van der Waals surface area contributed by atoms with E-state index in [1.807, 2.05) is 0 Å². The molecule has 1 aliphatic rings. The van der Waals surface area contributed by atoms with Crippen LogP contribution in [0.25, 0.3) is 6.08 Å². The predicted octanol–water partition coefficient (Wildman–Crippen LogP) is 5.48.